The predicted octanol–water partition coefficient (Wildman–Crippen LogP) is 12.5. The number of aliphatic hydroxyl groups is 1. The lowest BCUT2D eigenvalue weighted by molar-refractivity contribution is -0.147. The van der Waals surface area contributed by atoms with Gasteiger partial charge in [0.2, 0.25) is 5.91 Å². The summed E-state index contributed by atoms with van der Waals surface area (Å²) in [5.41, 5.74) is 0. The van der Waals surface area contributed by atoms with Crippen LogP contribution in [-0.2, 0) is 27.9 Å². The fourth-order valence-corrected chi connectivity index (χ4v) is 6.64. The van der Waals surface area contributed by atoms with Crippen molar-refractivity contribution < 1.29 is 37.9 Å². The molecule has 10 heteroatoms. The third kappa shape index (κ3) is 42.8. The second-order valence-corrected chi connectivity index (χ2v) is 16.1. The van der Waals surface area contributed by atoms with Gasteiger partial charge < -0.3 is 20.1 Å². The minimum atomic E-state index is -4.43. The SMILES string of the molecule is CC/C=C\C/C=C\C/C=C\C/C=C\C/C=C\CCCC(=O)OCC(O)COP(=O)(O)OCCNC(=O)CCCCCCCCCCCCCCCCCCCC. The molecule has 0 rings (SSSR count). The summed E-state index contributed by atoms with van der Waals surface area (Å²) >= 11 is 0. The number of aliphatic hydroxyl groups excluding tert-OH is 1. The fraction of sp³-hybridized carbons (Fsp3) is 0.739. The number of carbonyl (C=O) groups excluding carboxylic acids is 2. The number of unbranched alkanes of at least 4 members (excludes halogenated alkanes) is 18. The largest absolute Gasteiger partial charge is 0.472 e. The zero-order valence-electron chi connectivity index (χ0n) is 35.6. The number of nitrogens with one attached hydrogen (secondary N) is 1. The fourth-order valence-electron chi connectivity index (χ4n) is 5.89. The summed E-state index contributed by atoms with van der Waals surface area (Å²) in [7, 11) is -4.43. The Balaban J connectivity index is 3.65. The lowest BCUT2D eigenvalue weighted by Crippen LogP contribution is -2.27. The van der Waals surface area contributed by atoms with Crippen molar-refractivity contribution in [3.8, 4) is 0 Å². The number of phosphoric acid groups is 1. The molecule has 2 atom stereocenters. The number of rotatable bonds is 41. The Morgan fingerprint density at radius 1 is 0.571 bits per heavy atom. The minimum Gasteiger partial charge on any atom is -0.463 e. The predicted molar refractivity (Wildman–Crippen MR) is 233 cm³/mol. The van der Waals surface area contributed by atoms with Crippen molar-refractivity contribution in [2.24, 2.45) is 0 Å². The van der Waals surface area contributed by atoms with E-state index in [1.54, 1.807) is 0 Å². The minimum absolute atomic E-state index is 0.0750. The lowest BCUT2D eigenvalue weighted by Gasteiger charge is -2.15. The molecule has 0 aromatic rings. The average Bonchev–Trinajstić information content (AvgIpc) is 3.18. The second kappa shape index (κ2) is 42.3. The number of amides is 1. The van der Waals surface area contributed by atoms with Gasteiger partial charge in [0.25, 0.3) is 0 Å². The summed E-state index contributed by atoms with van der Waals surface area (Å²) in [6.07, 6.45) is 50.2. The average molecular weight is 808 g/mol. The monoisotopic (exact) mass is 808 g/mol. The summed E-state index contributed by atoms with van der Waals surface area (Å²) in [4.78, 5) is 33.9. The number of hydrogen-bond acceptors (Lipinski definition) is 7. The number of hydrogen-bond donors (Lipinski definition) is 3. The molecule has 324 valence electrons. The zero-order valence-corrected chi connectivity index (χ0v) is 36.5. The third-order valence-electron chi connectivity index (χ3n) is 9.21. The van der Waals surface area contributed by atoms with Crippen molar-refractivity contribution in [2.45, 2.75) is 193 Å². The molecular formula is C46H82NO8P. The number of carbonyl (C=O) groups is 2. The highest BCUT2D eigenvalue weighted by Crippen LogP contribution is 2.42. The van der Waals surface area contributed by atoms with E-state index in [1.807, 2.05) is 6.08 Å². The van der Waals surface area contributed by atoms with Crippen molar-refractivity contribution in [3.05, 3.63) is 60.8 Å². The van der Waals surface area contributed by atoms with Gasteiger partial charge >= 0.3 is 13.8 Å². The summed E-state index contributed by atoms with van der Waals surface area (Å²) < 4.78 is 26.8. The van der Waals surface area contributed by atoms with E-state index in [1.165, 1.54) is 96.3 Å². The van der Waals surface area contributed by atoms with Crippen molar-refractivity contribution in [1.29, 1.82) is 0 Å². The van der Waals surface area contributed by atoms with Crippen LogP contribution in [0.1, 0.15) is 187 Å². The van der Waals surface area contributed by atoms with Crippen molar-refractivity contribution in [2.75, 3.05) is 26.4 Å². The zero-order chi connectivity index (χ0) is 41.1. The molecule has 0 aromatic carbocycles. The van der Waals surface area contributed by atoms with E-state index >= 15 is 0 Å². The summed E-state index contributed by atoms with van der Waals surface area (Å²) in [6.45, 7) is 3.38. The van der Waals surface area contributed by atoms with Crippen LogP contribution in [0.25, 0.3) is 0 Å². The summed E-state index contributed by atoms with van der Waals surface area (Å²) in [6, 6.07) is 0. The molecule has 0 saturated carbocycles. The van der Waals surface area contributed by atoms with Crippen molar-refractivity contribution >= 4 is 19.7 Å². The van der Waals surface area contributed by atoms with E-state index in [-0.39, 0.29) is 32.1 Å². The van der Waals surface area contributed by atoms with Gasteiger partial charge in [-0.15, -0.1) is 0 Å². The molecule has 0 aromatic heterocycles. The van der Waals surface area contributed by atoms with Gasteiger partial charge in [0.1, 0.15) is 12.7 Å². The van der Waals surface area contributed by atoms with E-state index in [0.29, 0.717) is 12.8 Å². The van der Waals surface area contributed by atoms with Gasteiger partial charge in [-0.2, -0.15) is 0 Å². The van der Waals surface area contributed by atoms with E-state index in [2.05, 4.69) is 73.8 Å². The topological polar surface area (TPSA) is 131 Å². The number of esters is 1. The van der Waals surface area contributed by atoms with Gasteiger partial charge in [-0.25, -0.2) is 4.57 Å². The molecule has 9 nitrogen and oxygen atoms in total. The van der Waals surface area contributed by atoms with E-state index in [0.717, 1.165) is 57.8 Å². The van der Waals surface area contributed by atoms with Gasteiger partial charge in [0, 0.05) is 19.4 Å². The van der Waals surface area contributed by atoms with Crippen LogP contribution in [0.15, 0.2) is 60.8 Å². The van der Waals surface area contributed by atoms with Gasteiger partial charge in [0.15, 0.2) is 0 Å². The molecule has 3 N–H and O–H groups in total. The first-order valence-electron chi connectivity index (χ1n) is 22.3. The molecule has 0 fully saturated rings. The first-order valence-corrected chi connectivity index (χ1v) is 23.8. The number of allylic oxidation sites excluding steroid dienone is 10. The quantitative estimate of drug-likeness (QED) is 0.0241. The maximum Gasteiger partial charge on any atom is 0.472 e. The highest BCUT2D eigenvalue weighted by molar-refractivity contribution is 7.47. The third-order valence-corrected chi connectivity index (χ3v) is 10.2. The van der Waals surface area contributed by atoms with Crippen molar-refractivity contribution in [1.82, 2.24) is 5.32 Å². The summed E-state index contributed by atoms with van der Waals surface area (Å²) in [5, 5.41) is 12.7. The van der Waals surface area contributed by atoms with Crippen LogP contribution in [0.5, 0.6) is 0 Å². The van der Waals surface area contributed by atoms with Crippen LogP contribution >= 0.6 is 7.82 Å². The highest BCUT2D eigenvalue weighted by atomic mass is 31.2. The Hall–Kier alpha value is -2.29. The molecule has 0 heterocycles. The second-order valence-electron chi connectivity index (χ2n) is 14.6. The molecule has 0 aliphatic rings. The van der Waals surface area contributed by atoms with Gasteiger partial charge in [-0.1, -0.05) is 184 Å². The standard InChI is InChI=1S/C46H82NO8P/c1-3-5-7-9-11-13-15-17-19-21-23-24-26-28-30-32-34-36-38-45(49)47-40-41-54-56(51,52)55-43-44(48)42-53-46(50)39-37-35-33-31-29-27-25-22-20-18-16-14-12-10-8-6-4-2/h6,8,12,14,18,20,25,27,31,33,44,48H,3-5,7,9-11,13,15-17,19,21-24,26,28-30,32,34-43H2,1-2H3,(H,47,49)(H,51,52)/b8-6-,14-12-,20-18-,27-25-,33-31-. The Morgan fingerprint density at radius 3 is 1.50 bits per heavy atom. The van der Waals surface area contributed by atoms with Crippen LogP contribution in [0.3, 0.4) is 0 Å². The van der Waals surface area contributed by atoms with Crippen molar-refractivity contribution in [3.63, 3.8) is 0 Å². The molecule has 0 bridgehead atoms. The van der Waals surface area contributed by atoms with Crippen LogP contribution in [-0.4, -0.2) is 54.3 Å². The van der Waals surface area contributed by atoms with Gasteiger partial charge in [-0.3, -0.25) is 18.6 Å². The van der Waals surface area contributed by atoms with Crippen LogP contribution in [0.4, 0.5) is 0 Å². The highest BCUT2D eigenvalue weighted by Gasteiger charge is 2.23. The van der Waals surface area contributed by atoms with Crippen LogP contribution in [0.2, 0.25) is 0 Å². The molecule has 0 aliphatic heterocycles. The molecule has 56 heavy (non-hydrogen) atoms. The Bertz CT molecular complexity index is 1100. The molecule has 2 unspecified atom stereocenters. The molecule has 0 saturated heterocycles. The molecule has 0 radical (unpaired) electrons. The summed E-state index contributed by atoms with van der Waals surface area (Å²) in [5.74, 6) is -0.575. The lowest BCUT2D eigenvalue weighted by atomic mass is 10.0. The van der Waals surface area contributed by atoms with E-state index in [4.69, 9.17) is 13.8 Å². The normalized spacial score (nSPS) is 13.9. The van der Waals surface area contributed by atoms with Gasteiger partial charge in [-0.05, 0) is 51.4 Å². The van der Waals surface area contributed by atoms with Crippen LogP contribution in [0, 0.1) is 0 Å². The van der Waals surface area contributed by atoms with E-state index < -0.39 is 26.5 Å². The Labute approximate surface area is 342 Å². The number of phosphoric ester groups is 1. The molecule has 1 amide bonds. The first kappa shape index (κ1) is 53.7. The van der Waals surface area contributed by atoms with Gasteiger partial charge in [0.05, 0.1) is 13.2 Å². The first-order chi connectivity index (χ1) is 27.3. The molecule has 0 spiro atoms. The smallest absolute Gasteiger partial charge is 0.463 e. The Morgan fingerprint density at radius 2 is 1.02 bits per heavy atom. The maximum atomic E-state index is 12.1. The molecular weight excluding hydrogens is 725 g/mol. The van der Waals surface area contributed by atoms with E-state index in [9.17, 15) is 24.2 Å². The van der Waals surface area contributed by atoms with Crippen LogP contribution < -0.4 is 5.32 Å². The molecule has 0 aliphatic carbocycles. The Kier molecular flexibility index (Phi) is 40.6. The number of ether oxygens (including phenoxy) is 1. The maximum absolute atomic E-state index is 12.1.